The maximum absolute atomic E-state index is 10.2. The summed E-state index contributed by atoms with van der Waals surface area (Å²) >= 11 is 5.45. The normalized spacial score (nSPS) is 8.75. The van der Waals surface area contributed by atoms with E-state index >= 15 is 0 Å². The molecule has 5 heteroatoms. The van der Waals surface area contributed by atoms with Crippen LogP contribution in [0.4, 0.5) is 0 Å². The van der Waals surface area contributed by atoms with E-state index in [0.717, 1.165) is 6.07 Å². The average Bonchev–Trinajstić information content (AvgIpc) is 1.85. The van der Waals surface area contributed by atoms with E-state index in [1.165, 1.54) is 12.1 Å². The molecule has 0 bridgehead atoms. The SMILES string of the molecule is O=C([O-])c1ccc(Cl)cc1O.[Na+]. The number of aromatic carboxylic acids is 1. The van der Waals surface area contributed by atoms with Crippen molar-refractivity contribution in [1.82, 2.24) is 0 Å². The van der Waals surface area contributed by atoms with Gasteiger partial charge in [-0.3, -0.25) is 0 Å². The number of carboxylic acid groups (broad SMARTS) is 1. The monoisotopic (exact) mass is 194 g/mol. The first kappa shape index (κ1) is 11.8. The first-order valence-electron chi connectivity index (χ1n) is 2.81. The summed E-state index contributed by atoms with van der Waals surface area (Å²) in [5.74, 6) is -1.79. The molecule has 1 aromatic rings. The molecule has 0 unspecified atom stereocenters. The fraction of sp³-hybridized carbons (Fsp3) is 0. The molecule has 0 amide bonds. The number of carboxylic acids is 1. The van der Waals surface area contributed by atoms with Gasteiger partial charge < -0.3 is 15.0 Å². The molecule has 58 valence electrons. The van der Waals surface area contributed by atoms with Crippen molar-refractivity contribution in [1.29, 1.82) is 0 Å². The molecule has 0 fully saturated rings. The molecule has 1 N–H and O–H groups in total. The van der Waals surface area contributed by atoms with Gasteiger partial charge in [0, 0.05) is 10.6 Å². The second-order valence-electron chi connectivity index (χ2n) is 1.95. The molecule has 12 heavy (non-hydrogen) atoms. The molecule has 1 aromatic carbocycles. The molecule has 0 aliphatic heterocycles. The van der Waals surface area contributed by atoms with E-state index in [1.807, 2.05) is 0 Å². The van der Waals surface area contributed by atoms with Crippen LogP contribution in [0.15, 0.2) is 18.2 Å². The molecule has 3 nitrogen and oxygen atoms in total. The number of benzene rings is 1. The van der Waals surface area contributed by atoms with Crippen LogP contribution < -0.4 is 34.7 Å². The fourth-order valence-corrected chi connectivity index (χ4v) is 0.844. The van der Waals surface area contributed by atoms with Crippen LogP contribution in [0, 0.1) is 0 Å². The Hall–Kier alpha value is -0.220. The van der Waals surface area contributed by atoms with Crippen LogP contribution >= 0.6 is 11.6 Å². The number of phenols is 1. The van der Waals surface area contributed by atoms with Crippen molar-refractivity contribution in [3.63, 3.8) is 0 Å². The van der Waals surface area contributed by atoms with Gasteiger partial charge in [-0.1, -0.05) is 11.6 Å². The van der Waals surface area contributed by atoms with Crippen LogP contribution in [0.25, 0.3) is 0 Å². The summed E-state index contributed by atoms with van der Waals surface area (Å²) in [7, 11) is 0. The van der Waals surface area contributed by atoms with Crippen molar-refractivity contribution in [3.8, 4) is 5.75 Å². The topological polar surface area (TPSA) is 60.4 Å². The third kappa shape index (κ3) is 2.68. The molecular formula is C7H4ClNaO3. The number of aromatic hydroxyl groups is 1. The summed E-state index contributed by atoms with van der Waals surface area (Å²) in [4.78, 5) is 10.2. The number of carbonyl (C=O) groups excluding carboxylic acids is 1. The number of halogens is 1. The van der Waals surface area contributed by atoms with Gasteiger partial charge in [0.2, 0.25) is 0 Å². The Morgan fingerprint density at radius 1 is 1.50 bits per heavy atom. The van der Waals surface area contributed by atoms with Gasteiger partial charge in [0.1, 0.15) is 5.75 Å². The second-order valence-corrected chi connectivity index (χ2v) is 2.39. The van der Waals surface area contributed by atoms with Gasteiger partial charge in [0.05, 0.1) is 5.97 Å². The third-order valence-corrected chi connectivity index (χ3v) is 1.41. The average molecular weight is 195 g/mol. The van der Waals surface area contributed by atoms with E-state index in [-0.39, 0.29) is 45.9 Å². The minimum atomic E-state index is -1.42. The maximum Gasteiger partial charge on any atom is 1.00 e. The van der Waals surface area contributed by atoms with Gasteiger partial charge in [-0.15, -0.1) is 0 Å². The Morgan fingerprint density at radius 2 is 2.08 bits per heavy atom. The van der Waals surface area contributed by atoms with E-state index in [9.17, 15) is 9.90 Å². The van der Waals surface area contributed by atoms with Crippen LogP contribution in [0.5, 0.6) is 5.75 Å². The van der Waals surface area contributed by atoms with E-state index in [1.54, 1.807) is 0 Å². The third-order valence-electron chi connectivity index (χ3n) is 1.18. The minimum absolute atomic E-state index is 0. The zero-order chi connectivity index (χ0) is 8.43. The summed E-state index contributed by atoms with van der Waals surface area (Å²) in [6.45, 7) is 0. The summed E-state index contributed by atoms with van der Waals surface area (Å²) in [5, 5.41) is 19.5. The molecule has 0 atom stereocenters. The van der Waals surface area contributed by atoms with Crippen LogP contribution in [-0.2, 0) is 0 Å². The van der Waals surface area contributed by atoms with E-state index in [2.05, 4.69) is 0 Å². The van der Waals surface area contributed by atoms with Crippen molar-refractivity contribution in [3.05, 3.63) is 28.8 Å². The molecule has 1 rings (SSSR count). The van der Waals surface area contributed by atoms with Crippen LogP contribution in [0.2, 0.25) is 5.02 Å². The Balaban J connectivity index is 0.00000121. The fourth-order valence-electron chi connectivity index (χ4n) is 0.677. The van der Waals surface area contributed by atoms with Crippen molar-refractivity contribution in [2.75, 3.05) is 0 Å². The zero-order valence-corrected chi connectivity index (χ0v) is 9.13. The second kappa shape index (κ2) is 4.72. The molecular weight excluding hydrogens is 191 g/mol. The van der Waals surface area contributed by atoms with Gasteiger partial charge in [-0.25, -0.2) is 0 Å². The Labute approximate surface area is 96.3 Å². The smallest absolute Gasteiger partial charge is 0.545 e. The number of rotatable bonds is 1. The van der Waals surface area contributed by atoms with Crippen LogP contribution in [-0.4, -0.2) is 11.1 Å². The van der Waals surface area contributed by atoms with Crippen molar-refractivity contribution < 1.29 is 44.6 Å². The number of hydrogen-bond donors (Lipinski definition) is 1. The molecule has 0 aliphatic carbocycles. The Morgan fingerprint density at radius 3 is 2.50 bits per heavy atom. The number of carbonyl (C=O) groups is 1. The maximum atomic E-state index is 10.2. The van der Waals surface area contributed by atoms with Gasteiger partial charge in [0.25, 0.3) is 0 Å². The summed E-state index contributed by atoms with van der Waals surface area (Å²) in [6.07, 6.45) is 0. The van der Waals surface area contributed by atoms with Crippen molar-refractivity contribution >= 4 is 17.6 Å². The number of hydrogen-bond acceptors (Lipinski definition) is 3. The van der Waals surface area contributed by atoms with Crippen LogP contribution in [0.3, 0.4) is 0 Å². The first-order valence-corrected chi connectivity index (χ1v) is 3.19. The molecule has 0 aliphatic rings. The Bertz CT molecular complexity index is 301. The van der Waals surface area contributed by atoms with E-state index < -0.39 is 5.97 Å². The largest absolute Gasteiger partial charge is 1.00 e. The van der Waals surface area contributed by atoms with Crippen LogP contribution in [0.1, 0.15) is 10.4 Å². The predicted molar refractivity (Wildman–Crippen MR) is 37.4 cm³/mol. The van der Waals surface area contributed by atoms with E-state index in [0.29, 0.717) is 0 Å². The Kier molecular flexibility index (Phi) is 4.63. The molecule has 0 saturated carbocycles. The van der Waals surface area contributed by atoms with Gasteiger partial charge >= 0.3 is 29.6 Å². The summed E-state index contributed by atoms with van der Waals surface area (Å²) in [5.41, 5.74) is -0.255. The van der Waals surface area contributed by atoms with E-state index in [4.69, 9.17) is 16.7 Å². The van der Waals surface area contributed by atoms with Crippen molar-refractivity contribution in [2.45, 2.75) is 0 Å². The molecule has 0 radical (unpaired) electrons. The molecule has 0 aromatic heterocycles. The molecule has 0 saturated heterocycles. The molecule has 0 spiro atoms. The van der Waals surface area contributed by atoms with Gasteiger partial charge in [0.15, 0.2) is 0 Å². The first-order chi connectivity index (χ1) is 5.11. The quantitative estimate of drug-likeness (QED) is 0.500. The van der Waals surface area contributed by atoms with Gasteiger partial charge in [-0.2, -0.15) is 0 Å². The zero-order valence-electron chi connectivity index (χ0n) is 6.37. The van der Waals surface area contributed by atoms with Gasteiger partial charge in [-0.05, 0) is 18.2 Å². The van der Waals surface area contributed by atoms with Crippen molar-refractivity contribution in [2.24, 2.45) is 0 Å². The minimum Gasteiger partial charge on any atom is -0.545 e. The standard InChI is InChI=1S/C7H5ClO3.Na/c8-4-1-2-5(7(10)11)6(9)3-4;/h1-3,9H,(H,10,11);/q;+1/p-1. The summed E-state index contributed by atoms with van der Waals surface area (Å²) < 4.78 is 0. The summed E-state index contributed by atoms with van der Waals surface area (Å²) in [6, 6.07) is 3.70. The molecule has 0 heterocycles. The predicted octanol–water partition coefficient (Wildman–Crippen LogP) is -2.59.